The van der Waals surface area contributed by atoms with Crippen molar-refractivity contribution in [3.05, 3.63) is 65.7 Å². The smallest absolute Gasteiger partial charge is 0.241 e. The molecule has 0 aliphatic rings. The number of carbonyl (C=O) groups excluding carboxylic acids is 1. The normalized spacial score (nSPS) is 12.2. The summed E-state index contributed by atoms with van der Waals surface area (Å²) in [6.45, 7) is 2.84. The second-order valence-electron chi connectivity index (χ2n) is 7.22. The highest BCUT2D eigenvalue weighted by Crippen LogP contribution is 2.12. The number of carbonyl (C=O) groups is 1. The molecular formula is C23H32N4O2. The molecule has 0 aromatic heterocycles. The molecule has 156 valence electrons. The Morgan fingerprint density at radius 3 is 2.38 bits per heavy atom. The van der Waals surface area contributed by atoms with Gasteiger partial charge in [0.1, 0.15) is 5.75 Å². The molecule has 0 saturated heterocycles. The zero-order valence-electron chi connectivity index (χ0n) is 17.8. The van der Waals surface area contributed by atoms with E-state index in [0.29, 0.717) is 12.5 Å². The van der Waals surface area contributed by atoms with Crippen molar-refractivity contribution >= 4 is 11.9 Å². The molecule has 2 N–H and O–H groups in total. The summed E-state index contributed by atoms with van der Waals surface area (Å²) < 4.78 is 5.20. The molecule has 0 saturated carbocycles. The Morgan fingerprint density at radius 1 is 1.07 bits per heavy atom. The lowest BCUT2D eigenvalue weighted by atomic mass is 10.1. The number of hydrogen-bond acceptors (Lipinski definition) is 3. The van der Waals surface area contributed by atoms with Gasteiger partial charge in [-0.25, -0.2) is 4.99 Å². The van der Waals surface area contributed by atoms with Gasteiger partial charge in [-0.05, 0) is 43.0 Å². The number of aliphatic imine (C=N–C) groups is 1. The number of ether oxygens (including phenoxy) is 1. The molecule has 1 atom stereocenters. The highest BCUT2D eigenvalue weighted by atomic mass is 16.5. The zero-order chi connectivity index (χ0) is 21.1. The third kappa shape index (κ3) is 8.25. The van der Waals surface area contributed by atoms with Crippen molar-refractivity contribution in [2.45, 2.75) is 32.4 Å². The first-order valence-electron chi connectivity index (χ1n) is 9.89. The number of likely N-dealkylation sites (N-methyl/N-ethyl adjacent to an activating group) is 1. The van der Waals surface area contributed by atoms with Gasteiger partial charge in [0.15, 0.2) is 5.96 Å². The SMILES string of the molecule is COc1ccc(CN=C(NCC(=O)N(C)C)NC(C)CCc2ccccc2)cc1. The van der Waals surface area contributed by atoms with E-state index in [1.165, 1.54) is 5.56 Å². The molecule has 1 amide bonds. The van der Waals surface area contributed by atoms with Crippen LogP contribution in [0.5, 0.6) is 5.75 Å². The van der Waals surface area contributed by atoms with E-state index in [9.17, 15) is 4.79 Å². The highest BCUT2D eigenvalue weighted by Gasteiger charge is 2.09. The van der Waals surface area contributed by atoms with E-state index in [2.05, 4.69) is 46.8 Å². The van der Waals surface area contributed by atoms with E-state index in [-0.39, 0.29) is 18.5 Å². The van der Waals surface area contributed by atoms with Crippen molar-refractivity contribution in [3.63, 3.8) is 0 Å². The quantitative estimate of drug-likeness (QED) is 0.505. The summed E-state index contributed by atoms with van der Waals surface area (Å²) in [7, 11) is 5.14. The molecule has 0 heterocycles. The van der Waals surface area contributed by atoms with Crippen molar-refractivity contribution in [2.75, 3.05) is 27.7 Å². The van der Waals surface area contributed by atoms with Crippen LogP contribution in [0.2, 0.25) is 0 Å². The Labute approximate surface area is 174 Å². The Morgan fingerprint density at radius 2 is 1.76 bits per heavy atom. The maximum Gasteiger partial charge on any atom is 0.241 e. The van der Waals surface area contributed by atoms with E-state index >= 15 is 0 Å². The third-order valence-electron chi connectivity index (χ3n) is 4.58. The molecule has 0 aliphatic heterocycles. The van der Waals surface area contributed by atoms with Gasteiger partial charge in [0.2, 0.25) is 5.91 Å². The Balaban J connectivity index is 1.97. The molecule has 0 bridgehead atoms. The summed E-state index contributed by atoms with van der Waals surface area (Å²) in [5.41, 5.74) is 2.39. The Kier molecular flexibility index (Phi) is 9.02. The van der Waals surface area contributed by atoms with E-state index in [0.717, 1.165) is 24.2 Å². The van der Waals surface area contributed by atoms with Gasteiger partial charge in [-0.3, -0.25) is 4.79 Å². The minimum atomic E-state index is 0.000820. The number of hydrogen-bond donors (Lipinski definition) is 2. The second-order valence-corrected chi connectivity index (χ2v) is 7.22. The van der Waals surface area contributed by atoms with E-state index in [1.807, 2.05) is 30.3 Å². The Hall–Kier alpha value is -3.02. The molecule has 29 heavy (non-hydrogen) atoms. The number of guanidine groups is 1. The molecule has 2 aromatic carbocycles. The largest absolute Gasteiger partial charge is 0.497 e. The first kappa shape index (κ1) is 22.3. The minimum Gasteiger partial charge on any atom is -0.497 e. The van der Waals surface area contributed by atoms with E-state index in [1.54, 1.807) is 26.1 Å². The van der Waals surface area contributed by atoms with Crippen LogP contribution < -0.4 is 15.4 Å². The van der Waals surface area contributed by atoms with Crippen molar-refractivity contribution in [1.29, 1.82) is 0 Å². The fourth-order valence-corrected chi connectivity index (χ4v) is 2.70. The van der Waals surface area contributed by atoms with Gasteiger partial charge in [-0.2, -0.15) is 0 Å². The molecule has 0 radical (unpaired) electrons. The van der Waals surface area contributed by atoms with E-state index < -0.39 is 0 Å². The highest BCUT2D eigenvalue weighted by molar-refractivity contribution is 5.86. The average Bonchev–Trinajstić information content (AvgIpc) is 2.74. The molecule has 1 unspecified atom stereocenters. The van der Waals surface area contributed by atoms with Crippen molar-refractivity contribution in [2.24, 2.45) is 4.99 Å². The molecule has 6 heteroatoms. The molecule has 2 rings (SSSR count). The number of nitrogens with one attached hydrogen (secondary N) is 2. The molecule has 0 aliphatic carbocycles. The number of methoxy groups -OCH3 is 1. The van der Waals surface area contributed by atoms with Gasteiger partial charge >= 0.3 is 0 Å². The first-order chi connectivity index (χ1) is 14.0. The summed E-state index contributed by atoms with van der Waals surface area (Å²) >= 11 is 0. The van der Waals surface area contributed by atoms with Crippen LogP contribution in [-0.4, -0.2) is 50.6 Å². The van der Waals surface area contributed by atoms with Crippen molar-refractivity contribution < 1.29 is 9.53 Å². The van der Waals surface area contributed by atoms with Crippen molar-refractivity contribution in [3.8, 4) is 5.75 Å². The van der Waals surface area contributed by atoms with Gasteiger partial charge in [0.25, 0.3) is 0 Å². The van der Waals surface area contributed by atoms with Crippen LogP contribution >= 0.6 is 0 Å². The molecule has 6 nitrogen and oxygen atoms in total. The summed E-state index contributed by atoms with van der Waals surface area (Å²) in [4.78, 5) is 18.2. The zero-order valence-corrected chi connectivity index (χ0v) is 17.8. The minimum absolute atomic E-state index is 0.000820. The predicted molar refractivity (Wildman–Crippen MR) is 118 cm³/mol. The van der Waals surface area contributed by atoms with Crippen LogP contribution in [0.1, 0.15) is 24.5 Å². The van der Waals surface area contributed by atoms with Gasteiger partial charge in [-0.1, -0.05) is 42.5 Å². The Bertz CT molecular complexity index is 773. The van der Waals surface area contributed by atoms with Gasteiger partial charge in [-0.15, -0.1) is 0 Å². The van der Waals surface area contributed by atoms with Crippen LogP contribution in [0.15, 0.2) is 59.6 Å². The van der Waals surface area contributed by atoms with Crippen LogP contribution in [0.25, 0.3) is 0 Å². The lowest BCUT2D eigenvalue weighted by molar-refractivity contribution is -0.127. The number of aryl methyl sites for hydroxylation is 1. The predicted octanol–water partition coefficient (Wildman–Crippen LogP) is 2.84. The summed E-state index contributed by atoms with van der Waals surface area (Å²) in [5.74, 6) is 1.46. The fraction of sp³-hybridized carbons (Fsp3) is 0.391. The standard InChI is InChI=1S/C23H32N4O2/c1-18(10-11-19-8-6-5-7-9-19)26-23(25-17-22(28)27(2)3)24-16-20-12-14-21(29-4)15-13-20/h5-9,12-15,18H,10-11,16-17H2,1-4H3,(H2,24,25,26). The molecular weight excluding hydrogens is 364 g/mol. The monoisotopic (exact) mass is 396 g/mol. The number of rotatable bonds is 9. The van der Waals surface area contributed by atoms with Crippen LogP contribution in [0.4, 0.5) is 0 Å². The van der Waals surface area contributed by atoms with Gasteiger partial charge < -0.3 is 20.3 Å². The average molecular weight is 397 g/mol. The maximum atomic E-state index is 12.0. The molecule has 2 aromatic rings. The fourth-order valence-electron chi connectivity index (χ4n) is 2.70. The number of amides is 1. The van der Waals surface area contributed by atoms with Gasteiger partial charge in [0, 0.05) is 20.1 Å². The first-order valence-corrected chi connectivity index (χ1v) is 9.89. The van der Waals surface area contributed by atoms with Crippen LogP contribution in [-0.2, 0) is 17.8 Å². The summed E-state index contributed by atoms with van der Waals surface area (Å²) in [6.07, 6.45) is 1.95. The topological polar surface area (TPSA) is 66.0 Å². The van der Waals surface area contributed by atoms with E-state index in [4.69, 9.17) is 4.74 Å². The maximum absolute atomic E-state index is 12.0. The van der Waals surface area contributed by atoms with Crippen LogP contribution in [0, 0.1) is 0 Å². The number of benzene rings is 2. The lowest BCUT2D eigenvalue weighted by Gasteiger charge is -2.19. The number of nitrogens with zero attached hydrogens (tertiary/aromatic N) is 2. The summed E-state index contributed by atoms with van der Waals surface area (Å²) in [5, 5.41) is 6.56. The molecule has 0 spiro atoms. The third-order valence-corrected chi connectivity index (χ3v) is 4.58. The second kappa shape index (κ2) is 11.7. The summed E-state index contributed by atoms with van der Waals surface area (Å²) in [6, 6.07) is 18.5. The van der Waals surface area contributed by atoms with Crippen LogP contribution in [0.3, 0.4) is 0 Å². The van der Waals surface area contributed by atoms with Crippen molar-refractivity contribution in [1.82, 2.24) is 15.5 Å². The van der Waals surface area contributed by atoms with Gasteiger partial charge in [0.05, 0.1) is 20.2 Å². The lowest BCUT2D eigenvalue weighted by Crippen LogP contribution is -2.46. The molecule has 0 fully saturated rings.